The van der Waals surface area contributed by atoms with E-state index in [-0.39, 0.29) is 12.1 Å². The Hall–Kier alpha value is -0.120. The molecule has 0 bridgehead atoms. The summed E-state index contributed by atoms with van der Waals surface area (Å²) in [5.41, 5.74) is 10.7. The first-order valence-corrected chi connectivity index (χ1v) is 3.36. The topological polar surface area (TPSA) is 72.3 Å². The van der Waals surface area contributed by atoms with Crippen LogP contribution in [0.2, 0.25) is 0 Å². The molecule has 0 heterocycles. The molecule has 0 spiro atoms. The van der Waals surface area contributed by atoms with Crippen molar-refractivity contribution in [2.75, 3.05) is 6.54 Å². The second-order valence-electron chi connectivity index (χ2n) is 2.22. The van der Waals surface area contributed by atoms with E-state index in [1.54, 1.807) is 0 Å². The number of rotatable bonds is 4. The van der Waals surface area contributed by atoms with Crippen molar-refractivity contribution < 1.29 is 5.11 Å². The summed E-state index contributed by atoms with van der Waals surface area (Å²) in [4.78, 5) is 0. The lowest BCUT2D eigenvalue weighted by Crippen LogP contribution is -2.35. The highest BCUT2D eigenvalue weighted by Gasteiger charge is 2.09. The minimum Gasteiger partial charge on any atom is -0.392 e. The zero-order valence-corrected chi connectivity index (χ0v) is 5.88. The number of hydrogen-bond donors (Lipinski definition) is 3. The first-order valence-electron chi connectivity index (χ1n) is 3.36. The SMILES string of the molecule is CC[C@@H](O)C(N)CCN. The van der Waals surface area contributed by atoms with Crippen molar-refractivity contribution >= 4 is 0 Å². The molecule has 3 heteroatoms. The molecule has 56 valence electrons. The summed E-state index contributed by atoms with van der Waals surface area (Å²) in [5.74, 6) is 0. The molecule has 9 heavy (non-hydrogen) atoms. The first-order chi connectivity index (χ1) is 4.22. The third kappa shape index (κ3) is 3.46. The van der Waals surface area contributed by atoms with Gasteiger partial charge in [0.2, 0.25) is 0 Å². The summed E-state index contributed by atoms with van der Waals surface area (Å²) in [5, 5.41) is 9.08. The smallest absolute Gasteiger partial charge is 0.0688 e. The van der Waals surface area contributed by atoms with Crippen molar-refractivity contribution in [3.8, 4) is 0 Å². The van der Waals surface area contributed by atoms with Crippen molar-refractivity contribution in [3.05, 3.63) is 0 Å². The van der Waals surface area contributed by atoms with Gasteiger partial charge in [-0.1, -0.05) is 6.92 Å². The van der Waals surface area contributed by atoms with Gasteiger partial charge in [0.05, 0.1) is 6.10 Å². The van der Waals surface area contributed by atoms with E-state index in [0.717, 1.165) is 0 Å². The Labute approximate surface area is 56.0 Å². The van der Waals surface area contributed by atoms with Crippen molar-refractivity contribution in [3.63, 3.8) is 0 Å². The van der Waals surface area contributed by atoms with E-state index >= 15 is 0 Å². The summed E-state index contributed by atoms with van der Waals surface area (Å²) < 4.78 is 0. The van der Waals surface area contributed by atoms with E-state index in [9.17, 15) is 0 Å². The molecule has 2 atom stereocenters. The second kappa shape index (κ2) is 4.73. The molecule has 0 aliphatic carbocycles. The van der Waals surface area contributed by atoms with Crippen LogP contribution < -0.4 is 11.5 Å². The van der Waals surface area contributed by atoms with Gasteiger partial charge in [0.15, 0.2) is 0 Å². The Morgan fingerprint density at radius 1 is 1.56 bits per heavy atom. The lowest BCUT2D eigenvalue weighted by atomic mass is 10.1. The molecule has 0 saturated heterocycles. The summed E-state index contributed by atoms with van der Waals surface area (Å²) in [6.07, 6.45) is 1.03. The molecule has 0 radical (unpaired) electrons. The second-order valence-corrected chi connectivity index (χ2v) is 2.22. The maximum atomic E-state index is 9.08. The fraction of sp³-hybridized carbons (Fsp3) is 1.00. The van der Waals surface area contributed by atoms with Crippen LogP contribution in [0, 0.1) is 0 Å². The van der Waals surface area contributed by atoms with Gasteiger partial charge in [-0.15, -0.1) is 0 Å². The van der Waals surface area contributed by atoms with Crippen LogP contribution >= 0.6 is 0 Å². The Bertz CT molecular complexity index is 68.1. The van der Waals surface area contributed by atoms with Crippen LogP contribution in [0.4, 0.5) is 0 Å². The Kier molecular flexibility index (Phi) is 4.67. The molecular weight excluding hydrogens is 116 g/mol. The Morgan fingerprint density at radius 3 is 2.44 bits per heavy atom. The van der Waals surface area contributed by atoms with Crippen molar-refractivity contribution in [1.29, 1.82) is 0 Å². The summed E-state index contributed by atoms with van der Waals surface area (Å²) >= 11 is 0. The fourth-order valence-electron chi connectivity index (χ4n) is 0.688. The molecule has 0 aromatic rings. The third-order valence-electron chi connectivity index (χ3n) is 1.41. The van der Waals surface area contributed by atoms with E-state index in [4.69, 9.17) is 16.6 Å². The zero-order chi connectivity index (χ0) is 7.28. The van der Waals surface area contributed by atoms with Crippen LogP contribution in [0.15, 0.2) is 0 Å². The Balaban J connectivity index is 3.32. The molecule has 0 fully saturated rings. The van der Waals surface area contributed by atoms with E-state index in [1.807, 2.05) is 6.92 Å². The number of hydrogen-bond acceptors (Lipinski definition) is 3. The molecular formula is C6H16N2O. The summed E-state index contributed by atoms with van der Waals surface area (Å²) in [7, 11) is 0. The molecule has 0 aromatic carbocycles. The van der Waals surface area contributed by atoms with Gasteiger partial charge in [0.1, 0.15) is 0 Å². The van der Waals surface area contributed by atoms with Crippen LogP contribution in [-0.2, 0) is 0 Å². The third-order valence-corrected chi connectivity index (χ3v) is 1.41. The predicted octanol–water partition coefficient (Wildman–Crippen LogP) is -0.567. The molecule has 0 amide bonds. The normalized spacial score (nSPS) is 17.3. The zero-order valence-electron chi connectivity index (χ0n) is 5.88. The standard InChI is InChI=1S/C6H16N2O/c1-2-6(9)5(8)3-4-7/h5-6,9H,2-4,7-8H2,1H3/t5?,6-/m1/s1. The molecule has 3 nitrogen and oxygen atoms in total. The average Bonchev–Trinajstić information content (AvgIpc) is 1.87. The summed E-state index contributed by atoms with van der Waals surface area (Å²) in [6, 6.07) is -0.139. The molecule has 0 saturated carbocycles. The van der Waals surface area contributed by atoms with Crippen LogP contribution in [0.25, 0.3) is 0 Å². The Morgan fingerprint density at radius 2 is 2.11 bits per heavy atom. The van der Waals surface area contributed by atoms with Crippen LogP contribution in [0.5, 0.6) is 0 Å². The first kappa shape index (κ1) is 8.88. The van der Waals surface area contributed by atoms with Gasteiger partial charge < -0.3 is 16.6 Å². The minimum absolute atomic E-state index is 0.139. The van der Waals surface area contributed by atoms with E-state index < -0.39 is 0 Å². The van der Waals surface area contributed by atoms with Gasteiger partial charge in [0, 0.05) is 6.04 Å². The number of nitrogens with two attached hydrogens (primary N) is 2. The molecule has 1 unspecified atom stereocenters. The highest BCUT2D eigenvalue weighted by molar-refractivity contribution is 4.69. The van der Waals surface area contributed by atoms with Gasteiger partial charge in [0.25, 0.3) is 0 Å². The predicted molar refractivity (Wildman–Crippen MR) is 37.9 cm³/mol. The van der Waals surface area contributed by atoms with E-state index in [2.05, 4.69) is 0 Å². The lowest BCUT2D eigenvalue weighted by Gasteiger charge is -2.15. The molecule has 0 rings (SSSR count). The minimum atomic E-state index is -0.381. The van der Waals surface area contributed by atoms with Gasteiger partial charge >= 0.3 is 0 Å². The quantitative estimate of drug-likeness (QED) is 0.480. The molecule has 0 aliphatic rings. The monoisotopic (exact) mass is 132 g/mol. The van der Waals surface area contributed by atoms with E-state index in [1.165, 1.54) is 0 Å². The maximum absolute atomic E-state index is 9.08. The van der Waals surface area contributed by atoms with E-state index in [0.29, 0.717) is 19.4 Å². The lowest BCUT2D eigenvalue weighted by molar-refractivity contribution is 0.137. The van der Waals surface area contributed by atoms with Crippen LogP contribution in [0.1, 0.15) is 19.8 Å². The van der Waals surface area contributed by atoms with Gasteiger partial charge in [-0.3, -0.25) is 0 Å². The van der Waals surface area contributed by atoms with Gasteiger partial charge in [-0.25, -0.2) is 0 Å². The van der Waals surface area contributed by atoms with Crippen molar-refractivity contribution in [2.45, 2.75) is 31.9 Å². The summed E-state index contributed by atoms with van der Waals surface area (Å²) in [6.45, 7) is 2.46. The highest BCUT2D eigenvalue weighted by Crippen LogP contribution is 1.97. The fourth-order valence-corrected chi connectivity index (χ4v) is 0.688. The van der Waals surface area contributed by atoms with Gasteiger partial charge in [-0.05, 0) is 19.4 Å². The molecule has 0 aromatic heterocycles. The molecule has 0 aliphatic heterocycles. The number of aliphatic hydroxyl groups is 1. The highest BCUT2D eigenvalue weighted by atomic mass is 16.3. The average molecular weight is 132 g/mol. The number of aliphatic hydroxyl groups excluding tert-OH is 1. The van der Waals surface area contributed by atoms with Crippen molar-refractivity contribution in [1.82, 2.24) is 0 Å². The maximum Gasteiger partial charge on any atom is 0.0688 e. The largest absolute Gasteiger partial charge is 0.392 e. The van der Waals surface area contributed by atoms with Crippen molar-refractivity contribution in [2.24, 2.45) is 11.5 Å². The van der Waals surface area contributed by atoms with Crippen LogP contribution in [0.3, 0.4) is 0 Å². The van der Waals surface area contributed by atoms with Crippen LogP contribution in [-0.4, -0.2) is 23.8 Å². The molecule has 5 N–H and O–H groups in total. The van der Waals surface area contributed by atoms with Gasteiger partial charge in [-0.2, -0.15) is 0 Å².